The van der Waals surface area contributed by atoms with E-state index >= 15 is 0 Å². The van der Waals surface area contributed by atoms with Crippen molar-refractivity contribution in [2.45, 2.75) is 50.4 Å². The largest absolute Gasteiger partial charge is 0.508 e. The van der Waals surface area contributed by atoms with Crippen molar-refractivity contribution in [2.24, 2.45) is 0 Å². The van der Waals surface area contributed by atoms with E-state index in [4.69, 9.17) is 14.6 Å². The number of carbonyl (C=O) groups excluding carboxylic acids is 1. The molecule has 2 aliphatic heterocycles. The smallest absolute Gasteiger partial charge is 0.416 e. The van der Waals surface area contributed by atoms with E-state index in [9.17, 15) is 18.0 Å². The Morgan fingerprint density at radius 1 is 1.11 bits per heavy atom. The number of para-hydroxylation sites is 1. The van der Waals surface area contributed by atoms with Crippen molar-refractivity contribution in [3.05, 3.63) is 59.7 Å². The second kappa shape index (κ2) is 11.8. The first-order valence-electron chi connectivity index (χ1n) is 11.8. The summed E-state index contributed by atoms with van der Waals surface area (Å²) in [5.41, 5.74) is -0.236. The monoisotopic (exact) mass is 494 g/mol. The third-order valence-electron chi connectivity index (χ3n) is 6.58. The number of aromatic hydroxyl groups is 1. The molecular weight excluding hydrogens is 461 g/mol. The fourth-order valence-electron chi connectivity index (χ4n) is 4.66. The number of carbonyl (C=O) groups is 1. The fourth-order valence-corrected chi connectivity index (χ4v) is 4.66. The van der Waals surface area contributed by atoms with Crippen molar-refractivity contribution in [3.8, 4) is 11.5 Å². The Labute approximate surface area is 204 Å². The minimum atomic E-state index is -4.38. The van der Waals surface area contributed by atoms with Gasteiger partial charge in [0, 0.05) is 18.8 Å². The van der Waals surface area contributed by atoms with E-state index in [2.05, 4.69) is 10.2 Å². The zero-order chi connectivity index (χ0) is 25.5. The second-order valence-corrected chi connectivity index (χ2v) is 8.82. The highest BCUT2D eigenvalue weighted by atomic mass is 19.4. The molecule has 2 aromatic carbocycles. The normalized spacial score (nSPS) is 18.8. The predicted molar refractivity (Wildman–Crippen MR) is 126 cm³/mol. The molecular formula is C26H33F3N2O4. The molecule has 1 atom stereocenters. The fraction of sp³-hybridized carbons (Fsp3) is 0.500. The number of nitrogens with zero attached hydrogens (tertiary/aromatic N) is 1. The summed E-state index contributed by atoms with van der Waals surface area (Å²) < 4.78 is 46.5. The maximum absolute atomic E-state index is 13.2. The summed E-state index contributed by atoms with van der Waals surface area (Å²) in [7, 11) is 1.66. The molecule has 4 rings (SSSR count). The van der Waals surface area contributed by atoms with Gasteiger partial charge in [-0.2, -0.15) is 13.2 Å². The number of phenolic OH excluding ortho intramolecular Hbond substituents is 1. The zero-order valence-corrected chi connectivity index (χ0v) is 20.1. The van der Waals surface area contributed by atoms with Crippen molar-refractivity contribution in [1.82, 2.24) is 10.2 Å². The van der Waals surface area contributed by atoms with Gasteiger partial charge in [0.25, 0.3) is 0 Å². The lowest BCUT2D eigenvalue weighted by Crippen LogP contribution is -2.60. The third kappa shape index (κ3) is 6.67. The highest BCUT2D eigenvalue weighted by Gasteiger charge is 2.46. The van der Waals surface area contributed by atoms with Crippen molar-refractivity contribution < 1.29 is 32.5 Å². The van der Waals surface area contributed by atoms with Crippen molar-refractivity contribution >= 4 is 5.91 Å². The molecule has 9 heteroatoms. The first-order valence-corrected chi connectivity index (χ1v) is 11.8. The van der Waals surface area contributed by atoms with Crippen LogP contribution >= 0.6 is 0 Å². The first-order chi connectivity index (χ1) is 16.7. The van der Waals surface area contributed by atoms with Crippen LogP contribution in [0.2, 0.25) is 0 Å². The second-order valence-electron chi connectivity index (χ2n) is 8.82. The molecule has 2 heterocycles. The van der Waals surface area contributed by atoms with E-state index in [0.717, 1.165) is 49.4 Å². The summed E-state index contributed by atoms with van der Waals surface area (Å²) >= 11 is 0. The van der Waals surface area contributed by atoms with Crippen LogP contribution in [0.3, 0.4) is 0 Å². The van der Waals surface area contributed by atoms with E-state index in [1.807, 2.05) is 31.2 Å². The van der Waals surface area contributed by atoms with Crippen LogP contribution in [-0.4, -0.2) is 54.9 Å². The van der Waals surface area contributed by atoms with Crippen LogP contribution in [0.4, 0.5) is 13.2 Å². The maximum Gasteiger partial charge on any atom is 0.416 e. The predicted octanol–water partition coefficient (Wildman–Crippen LogP) is 4.93. The molecule has 0 aliphatic carbocycles. The number of methoxy groups -OCH3 is 1. The van der Waals surface area contributed by atoms with Gasteiger partial charge in [-0.15, -0.1) is 0 Å². The van der Waals surface area contributed by atoms with Crippen LogP contribution in [0.5, 0.6) is 11.5 Å². The molecule has 2 N–H and O–H groups in total. The number of halogens is 3. The van der Waals surface area contributed by atoms with Gasteiger partial charge in [-0.05, 0) is 70.0 Å². The number of hydrogen-bond donors (Lipinski definition) is 2. The minimum absolute atomic E-state index is 0.0871. The number of ether oxygens (including phenoxy) is 2. The maximum atomic E-state index is 13.2. The molecule has 0 saturated carbocycles. The summed E-state index contributed by atoms with van der Waals surface area (Å²) in [6.45, 7) is 5.36. The number of alkyl halides is 3. The van der Waals surface area contributed by atoms with E-state index in [-0.39, 0.29) is 17.7 Å². The van der Waals surface area contributed by atoms with Crippen LogP contribution < -0.4 is 10.1 Å². The number of amides is 1. The van der Waals surface area contributed by atoms with Gasteiger partial charge in [0.15, 0.2) is 0 Å². The molecule has 6 nitrogen and oxygen atoms in total. The van der Waals surface area contributed by atoms with Crippen LogP contribution in [0.25, 0.3) is 0 Å². The summed E-state index contributed by atoms with van der Waals surface area (Å²) in [5, 5.41) is 11.9. The third-order valence-corrected chi connectivity index (χ3v) is 6.58. The van der Waals surface area contributed by atoms with Crippen molar-refractivity contribution in [3.63, 3.8) is 0 Å². The average molecular weight is 495 g/mol. The Morgan fingerprint density at radius 2 is 1.77 bits per heavy atom. The number of hydrogen-bond acceptors (Lipinski definition) is 5. The first kappa shape index (κ1) is 26.8. The molecule has 0 aromatic heterocycles. The Hall–Kier alpha value is -2.78. The molecule has 192 valence electrons. The van der Waals surface area contributed by atoms with Gasteiger partial charge in [-0.25, -0.2) is 0 Å². The molecule has 2 saturated heterocycles. The number of phenols is 1. The van der Waals surface area contributed by atoms with E-state index < -0.39 is 17.3 Å². The molecule has 0 spiro atoms. The van der Waals surface area contributed by atoms with E-state index in [1.165, 1.54) is 18.9 Å². The van der Waals surface area contributed by atoms with Crippen LogP contribution in [-0.2, 0) is 15.7 Å². The average Bonchev–Trinajstić information content (AvgIpc) is 3.40. The molecule has 0 bridgehead atoms. The van der Waals surface area contributed by atoms with Crippen LogP contribution in [0.15, 0.2) is 48.5 Å². The van der Waals surface area contributed by atoms with Gasteiger partial charge in [0.05, 0.1) is 18.7 Å². The highest BCUT2D eigenvalue weighted by molar-refractivity contribution is 5.87. The van der Waals surface area contributed by atoms with Gasteiger partial charge in [-0.1, -0.05) is 24.3 Å². The number of rotatable bonds is 5. The summed E-state index contributed by atoms with van der Waals surface area (Å²) in [5.74, 6) is 0.568. The van der Waals surface area contributed by atoms with E-state index in [1.54, 1.807) is 7.11 Å². The number of benzene rings is 2. The zero-order valence-electron chi connectivity index (χ0n) is 20.1. The lowest BCUT2D eigenvalue weighted by atomic mass is 9.86. The topological polar surface area (TPSA) is 71.0 Å². The standard InChI is InChI=1S/C19H28N2O3.C7H5F3O/c1-15(16-7-3-4-8-17(16)23-2)20-18(22)19(9-13-24-14-10-19)21-11-5-6-12-21;8-7(9,10)5-2-1-3-6(11)4-5/h3-4,7-8,15H,5-6,9-14H2,1-2H3,(H,20,22);1-4,11H. The lowest BCUT2D eigenvalue weighted by Gasteiger charge is -2.43. The number of likely N-dealkylation sites (tertiary alicyclic amines) is 1. The van der Waals surface area contributed by atoms with Gasteiger partial charge in [0.2, 0.25) is 5.91 Å². The van der Waals surface area contributed by atoms with Crippen LogP contribution in [0.1, 0.15) is 49.8 Å². The molecule has 1 amide bonds. The molecule has 1 unspecified atom stereocenters. The van der Waals surface area contributed by atoms with Crippen molar-refractivity contribution in [2.75, 3.05) is 33.4 Å². The van der Waals surface area contributed by atoms with Gasteiger partial charge in [-0.3, -0.25) is 9.69 Å². The minimum Gasteiger partial charge on any atom is -0.508 e. The molecule has 35 heavy (non-hydrogen) atoms. The lowest BCUT2D eigenvalue weighted by molar-refractivity contribution is -0.140. The van der Waals surface area contributed by atoms with Gasteiger partial charge in [0.1, 0.15) is 17.0 Å². The Morgan fingerprint density at radius 3 is 2.34 bits per heavy atom. The number of nitrogens with one attached hydrogen (secondary N) is 1. The highest BCUT2D eigenvalue weighted by Crippen LogP contribution is 2.33. The Kier molecular flexibility index (Phi) is 9.02. The quantitative estimate of drug-likeness (QED) is 0.617. The molecule has 2 aromatic rings. The molecule has 2 fully saturated rings. The Bertz CT molecular complexity index is 971. The molecule has 0 radical (unpaired) electrons. The SMILES string of the molecule is COc1ccccc1C(C)NC(=O)C1(N2CCCC2)CCOCC1.Oc1cccc(C(F)(F)F)c1. The Balaban J connectivity index is 0.000000261. The molecule has 2 aliphatic rings. The summed E-state index contributed by atoms with van der Waals surface area (Å²) in [6, 6.07) is 11.7. The van der Waals surface area contributed by atoms with Gasteiger partial charge < -0.3 is 19.9 Å². The van der Waals surface area contributed by atoms with Gasteiger partial charge >= 0.3 is 6.18 Å². The van der Waals surface area contributed by atoms with Crippen molar-refractivity contribution in [1.29, 1.82) is 0 Å². The summed E-state index contributed by atoms with van der Waals surface area (Å²) in [6.07, 6.45) is -0.469. The van der Waals surface area contributed by atoms with E-state index in [0.29, 0.717) is 19.3 Å². The summed E-state index contributed by atoms with van der Waals surface area (Å²) in [4.78, 5) is 15.6. The van der Waals surface area contributed by atoms with Crippen LogP contribution in [0, 0.1) is 0 Å².